The number of ketones is 2. The Morgan fingerprint density at radius 3 is 2.07 bits per heavy atom. The van der Waals surface area contributed by atoms with Crippen molar-refractivity contribution in [2.75, 3.05) is 7.11 Å². The first-order chi connectivity index (χ1) is 6.54. The van der Waals surface area contributed by atoms with Gasteiger partial charge in [-0.25, -0.2) is 0 Å². The van der Waals surface area contributed by atoms with Crippen molar-refractivity contribution in [1.29, 1.82) is 0 Å². The van der Waals surface area contributed by atoms with Crippen LogP contribution < -0.4 is 0 Å². The van der Waals surface area contributed by atoms with E-state index in [1.54, 1.807) is 7.11 Å². The number of hydrogen-bond donors (Lipinski definition) is 0. The molecule has 0 heterocycles. The summed E-state index contributed by atoms with van der Waals surface area (Å²) in [5.41, 5.74) is 0. The van der Waals surface area contributed by atoms with Crippen LogP contribution in [0.3, 0.4) is 0 Å². The summed E-state index contributed by atoms with van der Waals surface area (Å²) in [5, 5.41) is 0. The van der Waals surface area contributed by atoms with E-state index in [-0.39, 0.29) is 30.0 Å². The lowest BCUT2D eigenvalue weighted by molar-refractivity contribution is -0.134. The molecular weight excluding hydrogens is 180 g/mol. The molecule has 0 aromatic heterocycles. The van der Waals surface area contributed by atoms with E-state index in [1.807, 2.05) is 0 Å². The number of carbonyl (C=O) groups excluding carboxylic acids is 2. The van der Waals surface area contributed by atoms with Crippen molar-refractivity contribution >= 4 is 11.6 Å². The second kappa shape index (κ2) is 4.69. The van der Waals surface area contributed by atoms with Gasteiger partial charge in [0.2, 0.25) is 0 Å². The van der Waals surface area contributed by atoms with Crippen molar-refractivity contribution < 1.29 is 14.3 Å². The fourth-order valence-electron chi connectivity index (χ4n) is 2.26. The van der Waals surface area contributed by atoms with Gasteiger partial charge in [0.15, 0.2) is 0 Å². The summed E-state index contributed by atoms with van der Waals surface area (Å²) in [6.07, 6.45) is 1.17. The van der Waals surface area contributed by atoms with Crippen LogP contribution in [0.1, 0.15) is 33.1 Å². The molecule has 1 aliphatic carbocycles. The van der Waals surface area contributed by atoms with Crippen molar-refractivity contribution in [2.24, 2.45) is 11.8 Å². The molecule has 0 aliphatic heterocycles. The van der Waals surface area contributed by atoms with Crippen LogP contribution in [0.25, 0.3) is 0 Å². The zero-order chi connectivity index (χ0) is 10.7. The summed E-state index contributed by atoms with van der Waals surface area (Å²) in [4.78, 5) is 22.5. The Bertz CT molecular complexity index is 217. The Labute approximate surface area is 84.8 Å². The highest BCUT2D eigenvalue weighted by atomic mass is 16.5. The van der Waals surface area contributed by atoms with Crippen LogP contribution in [0.5, 0.6) is 0 Å². The quantitative estimate of drug-likeness (QED) is 0.647. The zero-order valence-electron chi connectivity index (χ0n) is 9.08. The van der Waals surface area contributed by atoms with Crippen LogP contribution in [0.15, 0.2) is 0 Å². The summed E-state index contributed by atoms with van der Waals surface area (Å²) < 4.78 is 5.34. The van der Waals surface area contributed by atoms with Gasteiger partial charge in [-0.2, -0.15) is 0 Å². The number of Topliss-reactive ketones (excluding diaryl/α,β-unsaturated/α-hetero) is 2. The molecule has 1 saturated carbocycles. The molecule has 0 bridgehead atoms. The van der Waals surface area contributed by atoms with Gasteiger partial charge in [0.05, 0.1) is 12.5 Å². The van der Waals surface area contributed by atoms with E-state index in [0.717, 1.165) is 0 Å². The first-order valence-corrected chi connectivity index (χ1v) is 5.10. The molecule has 3 heteroatoms. The second-order valence-electron chi connectivity index (χ2n) is 4.37. The molecule has 0 aromatic rings. The van der Waals surface area contributed by atoms with Gasteiger partial charge < -0.3 is 4.74 Å². The number of rotatable bonds is 3. The van der Waals surface area contributed by atoms with E-state index < -0.39 is 0 Å². The standard InChI is InChI=1S/C11H18O3/c1-7(2)11(14-3)8-4-9(12)6-10(13)5-8/h7-8,11H,4-6H2,1-3H3. The highest BCUT2D eigenvalue weighted by Crippen LogP contribution is 2.27. The van der Waals surface area contributed by atoms with Crippen LogP contribution in [-0.2, 0) is 14.3 Å². The van der Waals surface area contributed by atoms with E-state index in [1.165, 1.54) is 0 Å². The van der Waals surface area contributed by atoms with Crippen LogP contribution >= 0.6 is 0 Å². The monoisotopic (exact) mass is 198 g/mol. The van der Waals surface area contributed by atoms with Crippen LogP contribution in [-0.4, -0.2) is 24.8 Å². The maximum absolute atomic E-state index is 11.3. The molecule has 3 nitrogen and oxygen atoms in total. The third kappa shape index (κ3) is 2.64. The smallest absolute Gasteiger partial charge is 0.140 e. The second-order valence-corrected chi connectivity index (χ2v) is 4.37. The van der Waals surface area contributed by atoms with E-state index in [0.29, 0.717) is 18.8 Å². The minimum absolute atomic E-state index is 0.0307. The zero-order valence-corrected chi connectivity index (χ0v) is 9.08. The Morgan fingerprint density at radius 2 is 1.71 bits per heavy atom. The number of carbonyl (C=O) groups is 2. The minimum atomic E-state index is 0.0307. The SMILES string of the molecule is COC(C(C)C)C1CC(=O)CC(=O)C1. The van der Waals surface area contributed by atoms with Gasteiger partial charge in [-0.1, -0.05) is 13.8 Å². The first kappa shape index (κ1) is 11.4. The average Bonchev–Trinajstić information content (AvgIpc) is 2.02. The van der Waals surface area contributed by atoms with Crippen LogP contribution in [0, 0.1) is 11.8 Å². The first-order valence-electron chi connectivity index (χ1n) is 5.10. The van der Waals surface area contributed by atoms with E-state index in [9.17, 15) is 9.59 Å². The summed E-state index contributed by atoms with van der Waals surface area (Å²) in [7, 11) is 1.65. The number of hydrogen-bond acceptors (Lipinski definition) is 3. The highest BCUT2D eigenvalue weighted by Gasteiger charge is 2.32. The van der Waals surface area contributed by atoms with E-state index in [2.05, 4.69) is 13.8 Å². The molecule has 1 atom stereocenters. The van der Waals surface area contributed by atoms with Gasteiger partial charge in [-0.05, 0) is 11.8 Å². The molecule has 0 N–H and O–H groups in total. The van der Waals surface area contributed by atoms with Gasteiger partial charge >= 0.3 is 0 Å². The molecule has 0 spiro atoms. The lowest BCUT2D eigenvalue weighted by Crippen LogP contribution is -2.35. The number of methoxy groups -OCH3 is 1. The summed E-state index contributed by atoms with van der Waals surface area (Å²) in [6, 6.07) is 0. The molecule has 1 unspecified atom stereocenters. The van der Waals surface area contributed by atoms with Crippen molar-refractivity contribution in [3.05, 3.63) is 0 Å². The van der Waals surface area contributed by atoms with E-state index >= 15 is 0 Å². The molecule has 0 saturated heterocycles. The van der Waals surface area contributed by atoms with Gasteiger partial charge in [0.1, 0.15) is 11.6 Å². The van der Waals surface area contributed by atoms with Crippen molar-refractivity contribution in [3.63, 3.8) is 0 Å². The Balaban J connectivity index is 2.65. The maximum Gasteiger partial charge on any atom is 0.140 e. The Kier molecular flexibility index (Phi) is 3.81. The minimum Gasteiger partial charge on any atom is -0.381 e. The van der Waals surface area contributed by atoms with Crippen LogP contribution in [0.4, 0.5) is 0 Å². The Hall–Kier alpha value is -0.700. The molecule has 0 amide bonds. The number of ether oxygens (including phenoxy) is 1. The third-order valence-electron chi connectivity index (χ3n) is 2.77. The molecular formula is C11H18O3. The third-order valence-corrected chi connectivity index (χ3v) is 2.77. The lowest BCUT2D eigenvalue weighted by Gasteiger charge is -2.30. The predicted octanol–water partition coefficient (Wildman–Crippen LogP) is 1.60. The Morgan fingerprint density at radius 1 is 1.21 bits per heavy atom. The van der Waals surface area contributed by atoms with Crippen molar-refractivity contribution in [2.45, 2.75) is 39.2 Å². The van der Waals surface area contributed by atoms with Crippen molar-refractivity contribution in [1.82, 2.24) is 0 Å². The fourth-order valence-corrected chi connectivity index (χ4v) is 2.26. The van der Waals surface area contributed by atoms with Gasteiger partial charge in [-0.3, -0.25) is 9.59 Å². The topological polar surface area (TPSA) is 43.4 Å². The largest absolute Gasteiger partial charge is 0.381 e. The fraction of sp³-hybridized carbons (Fsp3) is 0.818. The average molecular weight is 198 g/mol. The molecule has 0 radical (unpaired) electrons. The molecule has 80 valence electrons. The van der Waals surface area contributed by atoms with Gasteiger partial charge in [-0.15, -0.1) is 0 Å². The van der Waals surface area contributed by atoms with Gasteiger partial charge in [0, 0.05) is 20.0 Å². The summed E-state index contributed by atoms with van der Waals surface area (Å²) in [6.45, 7) is 4.11. The van der Waals surface area contributed by atoms with E-state index in [4.69, 9.17) is 4.74 Å². The summed E-state index contributed by atoms with van der Waals surface area (Å²) >= 11 is 0. The molecule has 1 aliphatic rings. The van der Waals surface area contributed by atoms with Crippen molar-refractivity contribution in [3.8, 4) is 0 Å². The predicted molar refractivity (Wildman–Crippen MR) is 53.0 cm³/mol. The van der Waals surface area contributed by atoms with Gasteiger partial charge in [0.25, 0.3) is 0 Å². The molecule has 1 fully saturated rings. The molecule has 1 rings (SSSR count). The normalized spacial score (nSPS) is 21.7. The highest BCUT2D eigenvalue weighted by molar-refractivity contribution is 6.01. The summed E-state index contributed by atoms with van der Waals surface area (Å²) in [5.74, 6) is 0.570. The van der Waals surface area contributed by atoms with Crippen LogP contribution in [0.2, 0.25) is 0 Å². The lowest BCUT2D eigenvalue weighted by atomic mass is 9.80. The molecule has 0 aromatic carbocycles. The maximum atomic E-state index is 11.3. The molecule has 14 heavy (non-hydrogen) atoms.